The predicted molar refractivity (Wildman–Crippen MR) is 84.8 cm³/mol. The number of aliphatic carboxylic acids is 1. The molecule has 2 rings (SSSR count). The Kier molecular flexibility index (Phi) is 5.14. The lowest BCUT2D eigenvalue weighted by molar-refractivity contribution is -0.136. The molecular formula is C15H12ClNO3S. The molecular weight excluding hydrogens is 310 g/mol. The van der Waals surface area contributed by atoms with Gasteiger partial charge in [-0.25, -0.2) is 0 Å². The first-order chi connectivity index (χ1) is 10.1. The molecule has 1 aromatic heterocycles. The van der Waals surface area contributed by atoms with Gasteiger partial charge in [0.15, 0.2) is 0 Å². The van der Waals surface area contributed by atoms with Crippen LogP contribution in [0.15, 0.2) is 47.9 Å². The largest absolute Gasteiger partial charge is 0.480 e. The smallest absolute Gasteiger partial charge is 0.323 e. The molecule has 21 heavy (non-hydrogen) atoms. The van der Waals surface area contributed by atoms with Crippen LogP contribution in [0.1, 0.15) is 4.88 Å². The molecule has 1 amide bonds. The number of anilines is 1. The van der Waals surface area contributed by atoms with Crippen molar-refractivity contribution in [3.8, 4) is 0 Å². The fourth-order valence-corrected chi connectivity index (χ4v) is 2.43. The topological polar surface area (TPSA) is 57.6 Å². The molecule has 0 aliphatic heterocycles. The van der Waals surface area contributed by atoms with Crippen LogP contribution < -0.4 is 4.90 Å². The predicted octanol–water partition coefficient (Wildman–Crippen LogP) is 3.53. The Labute approximate surface area is 130 Å². The first-order valence-corrected chi connectivity index (χ1v) is 7.32. The molecule has 1 heterocycles. The summed E-state index contributed by atoms with van der Waals surface area (Å²) in [6, 6.07) is 10.2. The number of thiophene rings is 1. The molecule has 2 aromatic rings. The number of carboxylic acid groups (broad SMARTS) is 1. The second kappa shape index (κ2) is 7.06. The highest BCUT2D eigenvalue weighted by molar-refractivity contribution is 7.10. The van der Waals surface area contributed by atoms with Gasteiger partial charge in [0, 0.05) is 21.7 Å². The Morgan fingerprint density at radius 1 is 1.24 bits per heavy atom. The van der Waals surface area contributed by atoms with E-state index in [-0.39, 0.29) is 0 Å². The molecule has 0 aliphatic rings. The zero-order chi connectivity index (χ0) is 15.2. The lowest BCUT2D eigenvalue weighted by Gasteiger charge is -2.19. The molecule has 0 bridgehead atoms. The summed E-state index contributed by atoms with van der Waals surface area (Å²) in [6.45, 7) is -0.407. The highest BCUT2D eigenvalue weighted by atomic mass is 35.5. The summed E-state index contributed by atoms with van der Waals surface area (Å²) in [5.41, 5.74) is 0.489. The maximum Gasteiger partial charge on any atom is 0.323 e. The number of nitrogens with zero attached hydrogens (tertiary/aromatic N) is 1. The standard InChI is InChI=1S/C15H12ClNO3S/c16-11-3-5-12(6-4-11)17(10-15(19)20)14(18)8-7-13-2-1-9-21-13/h1-9H,10H2,(H,19,20)/b8-7+. The van der Waals surface area contributed by atoms with Crippen molar-refractivity contribution in [2.24, 2.45) is 0 Å². The minimum Gasteiger partial charge on any atom is -0.480 e. The molecule has 0 radical (unpaired) electrons. The van der Waals surface area contributed by atoms with E-state index >= 15 is 0 Å². The maximum atomic E-state index is 12.2. The van der Waals surface area contributed by atoms with Crippen molar-refractivity contribution in [2.45, 2.75) is 0 Å². The van der Waals surface area contributed by atoms with Crippen LogP contribution in [-0.2, 0) is 9.59 Å². The summed E-state index contributed by atoms with van der Waals surface area (Å²) in [4.78, 5) is 25.3. The molecule has 0 fully saturated rings. The van der Waals surface area contributed by atoms with Gasteiger partial charge in [-0.1, -0.05) is 17.7 Å². The summed E-state index contributed by atoms with van der Waals surface area (Å²) in [7, 11) is 0. The molecule has 4 nitrogen and oxygen atoms in total. The van der Waals surface area contributed by atoms with Crippen molar-refractivity contribution < 1.29 is 14.7 Å². The van der Waals surface area contributed by atoms with Crippen molar-refractivity contribution in [3.63, 3.8) is 0 Å². The van der Waals surface area contributed by atoms with Gasteiger partial charge in [0.25, 0.3) is 5.91 Å². The Morgan fingerprint density at radius 3 is 2.52 bits per heavy atom. The van der Waals surface area contributed by atoms with E-state index in [1.54, 1.807) is 30.3 Å². The van der Waals surface area contributed by atoms with Gasteiger partial charge in [-0.2, -0.15) is 0 Å². The van der Waals surface area contributed by atoms with Gasteiger partial charge in [0.05, 0.1) is 0 Å². The quantitative estimate of drug-likeness (QED) is 0.857. The summed E-state index contributed by atoms with van der Waals surface area (Å²) < 4.78 is 0. The lowest BCUT2D eigenvalue weighted by atomic mass is 10.2. The van der Waals surface area contributed by atoms with Gasteiger partial charge in [0.2, 0.25) is 0 Å². The van der Waals surface area contributed by atoms with Gasteiger partial charge in [-0.15, -0.1) is 11.3 Å². The highest BCUT2D eigenvalue weighted by Gasteiger charge is 2.16. The number of hydrogen-bond acceptors (Lipinski definition) is 3. The Morgan fingerprint density at radius 2 is 1.95 bits per heavy atom. The minimum absolute atomic E-state index is 0.395. The van der Waals surface area contributed by atoms with E-state index in [0.29, 0.717) is 10.7 Å². The van der Waals surface area contributed by atoms with Gasteiger partial charge < -0.3 is 5.11 Å². The number of carbonyl (C=O) groups is 2. The molecule has 0 saturated carbocycles. The first-order valence-electron chi connectivity index (χ1n) is 6.07. The Balaban J connectivity index is 2.20. The van der Waals surface area contributed by atoms with Crippen LogP contribution in [-0.4, -0.2) is 23.5 Å². The van der Waals surface area contributed by atoms with Gasteiger partial charge in [0.1, 0.15) is 6.54 Å². The molecule has 0 atom stereocenters. The second-order valence-electron chi connectivity index (χ2n) is 4.14. The van der Waals surface area contributed by atoms with Crippen LogP contribution in [0.5, 0.6) is 0 Å². The van der Waals surface area contributed by atoms with Crippen molar-refractivity contribution >= 4 is 46.6 Å². The molecule has 1 aromatic carbocycles. The number of amides is 1. The molecule has 0 aliphatic carbocycles. The molecule has 108 valence electrons. The summed E-state index contributed by atoms with van der Waals surface area (Å²) in [5, 5.41) is 11.4. The number of halogens is 1. The number of carbonyl (C=O) groups excluding carboxylic acids is 1. The zero-order valence-electron chi connectivity index (χ0n) is 10.9. The summed E-state index contributed by atoms with van der Waals surface area (Å²) in [6.07, 6.45) is 3.03. The van der Waals surface area contributed by atoms with Crippen molar-refractivity contribution in [2.75, 3.05) is 11.4 Å². The minimum atomic E-state index is -1.08. The van der Waals surface area contributed by atoms with Crippen LogP contribution in [0.4, 0.5) is 5.69 Å². The van der Waals surface area contributed by atoms with E-state index in [9.17, 15) is 9.59 Å². The fraction of sp³-hybridized carbons (Fsp3) is 0.0667. The average molecular weight is 322 g/mol. The van der Waals surface area contributed by atoms with E-state index in [1.807, 2.05) is 17.5 Å². The van der Waals surface area contributed by atoms with E-state index in [2.05, 4.69) is 0 Å². The first kappa shape index (κ1) is 15.3. The van der Waals surface area contributed by atoms with Crippen LogP contribution >= 0.6 is 22.9 Å². The molecule has 0 unspecified atom stereocenters. The van der Waals surface area contributed by atoms with Gasteiger partial charge in [-0.05, 0) is 41.8 Å². The zero-order valence-corrected chi connectivity index (χ0v) is 12.5. The van der Waals surface area contributed by atoms with Crippen LogP contribution in [0.3, 0.4) is 0 Å². The fourth-order valence-electron chi connectivity index (χ4n) is 1.68. The third-order valence-corrected chi connectivity index (χ3v) is 3.72. The van der Waals surface area contributed by atoms with Gasteiger partial charge >= 0.3 is 5.97 Å². The third kappa shape index (κ3) is 4.44. The molecule has 1 N–H and O–H groups in total. The number of hydrogen-bond donors (Lipinski definition) is 1. The van der Waals surface area contributed by atoms with Crippen molar-refractivity contribution in [1.82, 2.24) is 0 Å². The Hall–Kier alpha value is -2.11. The van der Waals surface area contributed by atoms with E-state index < -0.39 is 18.4 Å². The van der Waals surface area contributed by atoms with Crippen molar-refractivity contribution in [1.29, 1.82) is 0 Å². The van der Waals surface area contributed by atoms with Crippen LogP contribution in [0, 0.1) is 0 Å². The summed E-state index contributed by atoms with van der Waals surface area (Å²) in [5.74, 6) is -1.48. The van der Waals surface area contributed by atoms with E-state index in [0.717, 1.165) is 4.88 Å². The van der Waals surface area contributed by atoms with E-state index in [4.69, 9.17) is 16.7 Å². The van der Waals surface area contributed by atoms with Crippen LogP contribution in [0.25, 0.3) is 6.08 Å². The normalized spacial score (nSPS) is 10.7. The summed E-state index contributed by atoms with van der Waals surface area (Å²) >= 11 is 7.29. The Bertz CT molecular complexity index is 650. The van der Waals surface area contributed by atoms with E-state index in [1.165, 1.54) is 22.3 Å². The van der Waals surface area contributed by atoms with Gasteiger partial charge in [-0.3, -0.25) is 14.5 Å². The second-order valence-corrected chi connectivity index (χ2v) is 5.56. The number of carboxylic acids is 1. The lowest BCUT2D eigenvalue weighted by Crippen LogP contribution is -2.34. The highest BCUT2D eigenvalue weighted by Crippen LogP contribution is 2.19. The number of rotatable bonds is 5. The molecule has 0 spiro atoms. The van der Waals surface area contributed by atoms with Crippen molar-refractivity contribution in [3.05, 3.63) is 57.8 Å². The SMILES string of the molecule is O=C(O)CN(C(=O)/C=C/c1cccs1)c1ccc(Cl)cc1. The average Bonchev–Trinajstić information content (AvgIpc) is 2.96. The van der Waals surface area contributed by atoms with Crippen LogP contribution in [0.2, 0.25) is 5.02 Å². The number of benzene rings is 1. The third-order valence-electron chi connectivity index (χ3n) is 2.63. The molecule has 0 saturated heterocycles. The molecule has 6 heteroatoms. The monoisotopic (exact) mass is 321 g/mol. The maximum absolute atomic E-state index is 12.2.